The lowest BCUT2D eigenvalue weighted by atomic mass is 9.81. The third-order valence-corrected chi connectivity index (χ3v) is 7.85. The van der Waals surface area contributed by atoms with Gasteiger partial charge < -0.3 is 0 Å². The molecule has 0 aromatic heterocycles. The SMILES string of the molecule is c1ccc2cc3c(cc2c1)c1ccc2ccc4ccc5ccc6ccc3c3c6c5c4c2c13. The van der Waals surface area contributed by atoms with E-state index in [9.17, 15) is 0 Å². The second kappa shape index (κ2) is 5.00. The minimum Gasteiger partial charge on any atom is -0.0616 e. The van der Waals surface area contributed by atoms with E-state index in [0.29, 0.717) is 0 Å². The van der Waals surface area contributed by atoms with Crippen molar-refractivity contribution in [3.63, 3.8) is 0 Å². The molecule has 0 fully saturated rings. The van der Waals surface area contributed by atoms with E-state index in [1.54, 1.807) is 0 Å². The Morgan fingerprint density at radius 3 is 1.00 bits per heavy atom. The molecule has 0 spiro atoms. The van der Waals surface area contributed by atoms with E-state index in [1.165, 1.54) is 86.2 Å². The highest BCUT2D eigenvalue weighted by atomic mass is 14.2. The van der Waals surface area contributed by atoms with Crippen LogP contribution in [0.25, 0.3) is 86.2 Å². The highest BCUT2D eigenvalue weighted by Gasteiger charge is 2.21. The van der Waals surface area contributed by atoms with Gasteiger partial charge in [-0.3, -0.25) is 0 Å². The Labute approximate surface area is 183 Å². The van der Waals surface area contributed by atoms with Gasteiger partial charge in [0.2, 0.25) is 0 Å². The molecule has 0 aliphatic carbocycles. The fraction of sp³-hybridized carbons (Fsp3) is 0. The maximum Gasteiger partial charge on any atom is -0.000740 e. The first-order valence-corrected chi connectivity index (χ1v) is 11.3. The second-order valence-corrected chi connectivity index (χ2v) is 9.31. The Bertz CT molecular complexity index is 2010. The molecule has 144 valence electrons. The molecule has 0 nitrogen and oxygen atoms in total. The van der Waals surface area contributed by atoms with Crippen LogP contribution in [0.5, 0.6) is 0 Å². The fourth-order valence-electron chi connectivity index (χ4n) is 6.52. The molecule has 32 heavy (non-hydrogen) atoms. The van der Waals surface area contributed by atoms with Crippen LogP contribution in [-0.2, 0) is 0 Å². The lowest BCUT2D eigenvalue weighted by Gasteiger charge is -2.22. The number of benzene rings is 9. The van der Waals surface area contributed by atoms with E-state index in [4.69, 9.17) is 0 Å². The van der Waals surface area contributed by atoms with Crippen LogP contribution in [0.2, 0.25) is 0 Å². The largest absolute Gasteiger partial charge is 0.0616 e. The third-order valence-electron chi connectivity index (χ3n) is 7.85. The predicted molar refractivity (Wildman–Crippen MR) is 140 cm³/mol. The van der Waals surface area contributed by atoms with E-state index in [2.05, 4.69) is 97.1 Å². The number of rotatable bonds is 0. The van der Waals surface area contributed by atoms with Gasteiger partial charge in [0.05, 0.1) is 0 Å². The van der Waals surface area contributed by atoms with Gasteiger partial charge in [-0.05, 0) is 98.3 Å². The van der Waals surface area contributed by atoms with Crippen LogP contribution in [-0.4, -0.2) is 0 Å². The van der Waals surface area contributed by atoms with Gasteiger partial charge in [0.15, 0.2) is 0 Å². The molecule has 0 heterocycles. The minimum atomic E-state index is 1.31. The van der Waals surface area contributed by atoms with Crippen LogP contribution in [0.3, 0.4) is 0 Å². The van der Waals surface area contributed by atoms with Gasteiger partial charge in [0, 0.05) is 0 Å². The normalized spacial score (nSPS) is 13.0. The standard InChI is InChI=1S/C32H16/c1-2-4-22-16-26-24-14-12-20-10-8-18-6-5-17-7-9-19-11-13-23(25(26)15-21(22)3-1)31-29(19)27(17)28(18)30(20)32(24)31/h1-16H. The summed E-state index contributed by atoms with van der Waals surface area (Å²) in [6.07, 6.45) is 0. The molecule has 0 saturated carbocycles. The van der Waals surface area contributed by atoms with Crippen molar-refractivity contribution in [1.82, 2.24) is 0 Å². The lowest BCUT2D eigenvalue weighted by Crippen LogP contribution is -1.93. The van der Waals surface area contributed by atoms with Gasteiger partial charge in [-0.1, -0.05) is 84.9 Å². The molecule has 0 N–H and O–H groups in total. The van der Waals surface area contributed by atoms with E-state index in [1.807, 2.05) is 0 Å². The molecular weight excluding hydrogens is 384 g/mol. The zero-order chi connectivity index (χ0) is 20.6. The zero-order valence-corrected chi connectivity index (χ0v) is 17.2. The van der Waals surface area contributed by atoms with E-state index in [-0.39, 0.29) is 0 Å². The maximum absolute atomic E-state index is 2.40. The van der Waals surface area contributed by atoms with Gasteiger partial charge in [0.1, 0.15) is 0 Å². The Kier molecular flexibility index (Phi) is 2.44. The lowest BCUT2D eigenvalue weighted by molar-refractivity contribution is 1.79. The molecule has 0 radical (unpaired) electrons. The predicted octanol–water partition coefficient (Wildman–Crippen LogP) is 9.23. The van der Waals surface area contributed by atoms with Crippen LogP contribution in [0.1, 0.15) is 0 Å². The van der Waals surface area contributed by atoms with E-state index in [0.717, 1.165) is 0 Å². The summed E-state index contributed by atoms with van der Waals surface area (Å²) in [5.74, 6) is 0. The Morgan fingerprint density at radius 2 is 0.594 bits per heavy atom. The molecule has 0 saturated heterocycles. The first kappa shape index (κ1) is 15.6. The van der Waals surface area contributed by atoms with Gasteiger partial charge in [-0.25, -0.2) is 0 Å². The highest BCUT2D eigenvalue weighted by molar-refractivity contribution is 6.48. The van der Waals surface area contributed by atoms with E-state index >= 15 is 0 Å². The van der Waals surface area contributed by atoms with Crippen LogP contribution < -0.4 is 0 Å². The molecule has 9 rings (SSSR count). The highest BCUT2D eigenvalue weighted by Crippen LogP contribution is 2.50. The average molecular weight is 400 g/mol. The zero-order valence-electron chi connectivity index (χ0n) is 17.2. The third kappa shape index (κ3) is 1.60. The number of hydrogen-bond donors (Lipinski definition) is 0. The van der Waals surface area contributed by atoms with Crippen molar-refractivity contribution in [1.29, 1.82) is 0 Å². The number of hydrogen-bond acceptors (Lipinski definition) is 0. The molecule has 0 unspecified atom stereocenters. The van der Waals surface area contributed by atoms with Crippen LogP contribution in [0, 0.1) is 0 Å². The second-order valence-electron chi connectivity index (χ2n) is 9.31. The van der Waals surface area contributed by atoms with Crippen molar-refractivity contribution in [2.45, 2.75) is 0 Å². The van der Waals surface area contributed by atoms with Crippen molar-refractivity contribution >= 4 is 86.2 Å². The summed E-state index contributed by atoms with van der Waals surface area (Å²) in [5, 5.41) is 22.0. The molecule has 0 atom stereocenters. The van der Waals surface area contributed by atoms with Crippen LogP contribution in [0.4, 0.5) is 0 Å². The summed E-state index contributed by atoms with van der Waals surface area (Å²) < 4.78 is 0. The molecule has 0 bridgehead atoms. The van der Waals surface area contributed by atoms with Crippen molar-refractivity contribution < 1.29 is 0 Å². The summed E-state index contributed by atoms with van der Waals surface area (Å²) in [5.41, 5.74) is 0. The Hall–Kier alpha value is -4.16. The first-order valence-electron chi connectivity index (χ1n) is 11.3. The van der Waals surface area contributed by atoms with Gasteiger partial charge in [0.25, 0.3) is 0 Å². The van der Waals surface area contributed by atoms with Crippen LogP contribution in [0.15, 0.2) is 97.1 Å². The number of fused-ring (bicyclic) bond motifs is 4. The van der Waals surface area contributed by atoms with Gasteiger partial charge in [-0.2, -0.15) is 0 Å². The summed E-state index contributed by atoms with van der Waals surface area (Å²) >= 11 is 0. The maximum atomic E-state index is 2.40. The smallest absolute Gasteiger partial charge is 0.000740 e. The Balaban J connectivity index is 1.77. The van der Waals surface area contributed by atoms with E-state index < -0.39 is 0 Å². The van der Waals surface area contributed by atoms with Crippen molar-refractivity contribution in [3.05, 3.63) is 97.1 Å². The fourth-order valence-corrected chi connectivity index (χ4v) is 6.52. The summed E-state index contributed by atoms with van der Waals surface area (Å²) in [7, 11) is 0. The quantitative estimate of drug-likeness (QED) is 0.176. The van der Waals surface area contributed by atoms with Crippen molar-refractivity contribution in [2.75, 3.05) is 0 Å². The topological polar surface area (TPSA) is 0 Å². The Morgan fingerprint density at radius 1 is 0.250 bits per heavy atom. The monoisotopic (exact) mass is 400 g/mol. The van der Waals surface area contributed by atoms with Crippen LogP contribution >= 0.6 is 0 Å². The summed E-state index contributed by atoms with van der Waals surface area (Å²) in [4.78, 5) is 0. The molecular formula is C32H16. The molecule has 0 aliphatic heterocycles. The minimum absolute atomic E-state index is 1.31. The summed E-state index contributed by atoms with van der Waals surface area (Å²) in [6, 6.07) is 36.7. The van der Waals surface area contributed by atoms with Crippen molar-refractivity contribution in [3.8, 4) is 0 Å². The average Bonchev–Trinajstić information content (AvgIpc) is 2.86. The molecule has 0 aliphatic rings. The van der Waals surface area contributed by atoms with Gasteiger partial charge in [-0.15, -0.1) is 0 Å². The van der Waals surface area contributed by atoms with Crippen molar-refractivity contribution in [2.24, 2.45) is 0 Å². The molecule has 0 amide bonds. The molecule has 9 aromatic carbocycles. The molecule has 0 heteroatoms. The first-order chi connectivity index (χ1) is 15.9. The summed E-state index contributed by atoms with van der Waals surface area (Å²) in [6.45, 7) is 0. The molecule has 9 aromatic rings. The van der Waals surface area contributed by atoms with Gasteiger partial charge >= 0.3 is 0 Å².